The average molecular weight is 342 g/mol. The van der Waals surface area contributed by atoms with Crippen molar-refractivity contribution in [1.29, 1.82) is 0 Å². The molecule has 98 valence electrons. The third-order valence-corrected chi connectivity index (χ3v) is 3.57. The summed E-state index contributed by atoms with van der Waals surface area (Å²) in [5, 5.41) is 0.294. The van der Waals surface area contributed by atoms with Gasteiger partial charge in [0.1, 0.15) is 11.6 Å². The first-order valence-corrected chi connectivity index (χ1v) is 6.92. The zero-order valence-corrected chi connectivity index (χ0v) is 12.3. The zero-order valence-electron chi connectivity index (χ0n) is 10.00. The van der Waals surface area contributed by atoms with Gasteiger partial charge in [-0.3, -0.25) is 4.79 Å². The molecular formula is C15H11BrClFO. The second kappa shape index (κ2) is 6.31. The van der Waals surface area contributed by atoms with Gasteiger partial charge in [-0.25, -0.2) is 4.39 Å². The summed E-state index contributed by atoms with van der Waals surface area (Å²) in [6.07, 6.45) is 0.280. The van der Waals surface area contributed by atoms with Crippen LogP contribution >= 0.6 is 27.5 Å². The maximum atomic E-state index is 13.6. The molecule has 0 unspecified atom stereocenters. The minimum atomic E-state index is -0.435. The van der Waals surface area contributed by atoms with E-state index in [9.17, 15) is 9.18 Å². The van der Waals surface area contributed by atoms with Gasteiger partial charge >= 0.3 is 0 Å². The van der Waals surface area contributed by atoms with Crippen molar-refractivity contribution >= 4 is 33.3 Å². The van der Waals surface area contributed by atoms with E-state index in [1.54, 1.807) is 6.07 Å². The lowest BCUT2D eigenvalue weighted by Crippen LogP contribution is -2.08. The molecule has 0 atom stereocenters. The Labute approximate surface area is 124 Å². The van der Waals surface area contributed by atoms with Crippen LogP contribution in [0.2, 0.25) is 5.02 Å². The highest BCUT2D eigenvalue weighted by atomic mass is 79.9. The Kier molecular flexibility index (Phi) is 4.72. The third-order valence-electron chi connectivity index (χ3n) is 2.73. The molecule has 0 saturated heterocycles. The normalized spacial score (nSPS) is 10.5. The molecule has 2 rings (SSSR count). The first-order chi connectivity index (χ1) is 9.06. The largest absolute Gasteiger partial charge is 0.299 e. The molecule has 0 N–H and O–H groups in total. The van der Waals surface area contributed by atoms with Crippen LogP contribution in [0.15, 0.2) is 46.9 Å². The molecule has 0 spiro atoms. The molecule has 0 aliphatic heterocycles. The van der Waals surface area contributed by atoms with Gasteiger partial charge in [-0.2, -0.15) is 0 Å². The highest BCUT2D eigenvalue weighted by Crippen LogP contribution is 2.20. The molecule has 0 saturated carbocycles. The maximum absolute atomic E-state index is 13.6. The van der Waals surface area contributed by atoms with Crippen molar-refractivity contribution in [3.05, 3.63) is 68.9 Å². The Hall–Kier alpha value is -1.19. The molecule has 0 radical (unpaired) electrons. The summed E-state index contributed by atoms with van der Waals surface area (Å²) < 4.78 is 14.5. The van der Waals surface area contributed by atoms with Crippen molar-refractivity contribution in [2.45, 2.75) is 12.8 Å². The van der Waals surface area contributed by atoms with Crippen LogP contribution in [-0.4, -0.2) is 5.78 Å². The van der Waals surface area contributed by atoms with Crippen LogP contribution in [0.25, 0.3) is 0 Å². The molecule has 0 aliphatic carbocycles. The van der Waals surface area contributed by atoms with Gasteiger partial charge in [-0.1, -0.05) is 45.7 Å². The number of Topliss-reactive ketones (excluding diaryl/α,β-unsaturated/α-hetero) is 1. The van der Waals surface area contributed by atoms with E-state index in [2.05, 4.69) is 15.9 Å². The number of carbonyl (C=O) groups excluding carboxylic acids is 1. The maximum Gasteiger partial charge on any atom is 0.141 e. The van der Waals surface area contributed by atoms with Crippen LogP contribution in [0, 0.1) is 5.82 Å². The highest BCUT2D eigenvalue weighted by Gasteiger charge is 2.12. The lowest BCUT2D eigenvalue weighted by Gasteiger charge is -2.05. The van der Waals surface area contributed by atoms with Crippen LogP contribution in [0.1, 0.15) is 11.1 Å². The molecule has 0 aromatic heterocycles. The van der Waals surface area contributed by atoms with E-state index in [1.807, 2.05) is 24.3 Å². The molecule has 2 aromatic rings. The van der Waals surface area contributed by atoms with E-state index < -0.39 is 5.82 Å². The van der Waals surface area contributed by atoms with E-state index >= 15 is 0 Å². The van der Waals surface area contributed by atoms with E-state index in [0.717, 1.165) is 10.0 Å². The number of halogens is 3. The number of hydrogen-bond acceptors (Lipinski definition) is 1. The number of carbonyl (C=O) groups is 1. The van der Waals surface area contributed by atoms with Crippen molar-refractivity contribution in [3.63, 3.8) is 0 Å². The fourth-order valence-electron chi connectivity index (χ4n) is 1.84. The molecular weight excluding hydrogens is 331 g/mol. The minimum Gasteiger partial charge on any atom is -0.299 e. The van der Waals surface area contributed by atoms with E-state index in [0.29, 0.717) is 5.02 Å². The molecule has 1 nitrogen and oxygen atoms in total. The summed E-state index contributed by atoms with van der Waals surface area (Å²) in [6, 6.07) is 11.9. The zero-order chi connectivity index (χ0) is 13.8. The molecule has 19 heavy (non-hydrogen) atoms. The predicted octanol–water partition coefficient (Wildman–Crippen LogP) is 4.60. The lowest BCUT2D eigenvalue weighted by molar-refractivity contribution is -0.117. The molecule has 0 amide bonds. The van der Waals surface area contributed by atoms with Gasteiger partial charge in [0.2, 0.25) is 0 Å². The Bertz CT molecular complexity index is 593. The number of ketones is 1. The second-order valence-electron chi connectivity index (χ2n) is 4.22. The standard InChI is InChI=1S/C15H11BrClFO/c16-11-4-1-3-10(7-11)8-12(19)9-13-14(17)5-2-6-15(13)18/h1-7H,8-9H2. The van der Waals surface area contributed by atoms with Crippen molar-refractivity contribution in [2.75, 3.05) is 0 Å². The number of benzene rings is 2. The third kappa shape index (κ3) is 3.88. The van der Waals surface area contributed by atoms with E-state index in [4.69, 9.17) is 11.6 Å². The number of rotatable bonds is 4. The molecule has 0 aliphatic rings. The van der Waals surface area contributed by atoms with Crippen LogP contribution < -0.4 is 0 Å². The Morgan fingerprint density at radius 3 is 2.58 bits per heavy atom. The van der Waals surface area contributed by atoms with Crippen LogP contribution in [0.5, 0.6) is 0 Å². The van der Waals surface area contributed by atoms with Gasteiger partial charge in [-0.05, 0) is 29.8 Å². The van der Waals surface area contributed by atoms with Crippen LogP contribution in [0.3, 0.4) is 0 Å². The van der Waals surface area contributed by atoms with E-state index in [-0.39, 0.29) is 24.2 Å². The fourth-order valence-corrected chi connectivity index (χ4v) is 2.51. The Morgan fingerprint density at radius 1 is 1.16 bits per heavy atom. The average Bonchev–Trinajstić information content (AvgIpc) is 2.34. The molecule has 2 aromatic carbocycles. The topological polar surface area (TPSA) is 17.1 Å². The van der Waals surface area contributed by atoms with Crippen molar-refractivity contribution < 1.29 is 9.18 Å². The van der Waals surface area contributed by atoms with Crippen molar-refractivity contribution in [1.82, 2.24) is 0 Å². The van der Waals surface area contributed by atoms with Crippen LogP contribution in [-0.2, 0) is 17.6 Å². The highest BCUT2D eigenvalue weighted by molar-refractivity contribution is 9.10. The van der Waals surface area contributed by atoms with Crippen molar-refractivity contribution in [2.24, 2.45) is 0 Å². The summed E-state index contributed by atoms with van der Waals surface area (Å²) in [6.45, 7) is 0. The quantitative estimate of drug-likeness (QED) is 0.794. The van der Waals surface area contributed by atoms with Gasteiger partial charge < -0.3 is 0 Å². The Balaban J connectivity index is 2.10. The van der Waals surface area contributed by atoms with Gasteiger partial charge in [0.15, 0.2) is 0 Å². The molecule has 4 heteroatoms. The molecule has 0 bridgehead atoms. The fraction of sp³-hybridized carbons (Fsp3) is 0.133. The first-order valence-electron chi connectivity index (χ1n) is 5.75. The number of hydrogen-bond donors (Lipinski definition) is 0. The van der Waals surface area contributed by atoms with E-state index in [1.165, 1.54) is 12.1 Å². The van der Waals surface area contributed by atoms with Gasteiger partial charge in [-0.15, -0.1) is 0 Å². The summed E-state index contributed by atoms with van der Waals surface area (Å²) in [7, 11) is 0. The predicted molar refractivity (Wildman–Crippen MR) is 78.0 cm³/mol. The molecule has 0 heterocycles. The van der Waals surface area contributed by atoms with Crippen molar-refractivity contribution in [3.8, 4) is 0 Å². The Morgan fingerprint density at radius 2 is 1.89 bits per heavy atom. The summed E-state index contributed by atoms with van der Waals surface area (Å²) in [5.74, 6) is -0.500. The summed E-state index contributed by atoms with van der Waals surface area (Å²) in [4.78, 5) is 12.0. The first kappa shape index (κ1) is 14.2. The smallest absolute Gasteiger partial charge is 0.141 e. The molecule has 0 fully saturated rings. The van der Waals surface area contributed by atoms with Gasteiger partial charge in [0, 0.05) is 27.9 Å². The van der Waals surface area contributed by atoms with Gasteiger partial charge in [0.25, 0.3) is 0 Å². The van der Waals surface area contributed by atoms with Crippen LogP contribution in [0.4, 0.5) is 4.39 Å². The lowest BCUT2D eigenvalue weighted by atomic mass is 10.0. The summed E-state index contributed by atoms with van der Waals surface area (Å²) in [5.41, 5.74) is 1.16. The van der Waals surface area contributed by atoms with Gasteiger partial charge in [0.05, 0.1) is 0 Å². The second-order valence-corrected chi connectivity index (χ2v) is 5.55. The minimum absolute atomic E-state index is 0.0119. The summed E-state index contributed by atoms with van der Waals surface area (Å²) >= 11 is 9.25. The SMILES string of the molecule is O=C(Cc1cccc(Br)c1)Cc1c(F)cccc1Cl. The monoisotopic (exact) mass is 340 g/mol.